The Morgan fingerprint density at radius 3 is 2.50 bits per heavy atom. The van der Waals surface area contributed by atoms with Crippen LogP contribution in [0, 0.1) is 20.8 Å². The maximum atomic E-state index is 4.49. The molecule has 0 aliphatic rings. The molecule has 2 rings (SSSR count). The van der Waals surface area contributed by atoms with Crippen LogP contribution in [0.1, 0.15) is 28.3 Å². The number of aryl methyl sites for hydroxylation is 3. The van der Waals surface area contributed by atoms with Crippen LogP contribution >= 0.6 is 0 Å². The van der Waals surface area contributed by atoms with Crippen molar-refractivity contribution in [3.8, 4) is 0 Å². The Hall–Kier alpha value is -1.84. The lowest BCUT2D eigenvalue weighted by Gasteiger charge is -2.05. The molecule has 4 nitrogen and oxygen atoms in total. The Bertz CT molecular complexity index is 508. The predicted octanol–water partition coefficient (Wildman–Crippen LogP) is 1.78. The van der Waals surface area contributed by atoms with Gasteiger partial charge in [-0.15, -0.1) is 0 Å². The summed E-state index contributed by atoms with van der Waals surface area (Å²) >= 11 is 0. The lowest BCUT2D eigenvalue weighted by atomic mass is 10.1. The summed E-state index contributed by atoms with van der Waals surface area (Å²) in [6, 6.07) is 0. The third kappa shape index (κ3) is 2.21. The van der Waals surface area contributed by atoms with Crippen molar-refractivity contribution in [1.29, 1.82) is 0 Å². The van der Waals surface area contributed by atoms with E-state index in [0.717, 1.165) is 28.3 Å². The van der Waals surface area contributed by atoms with Crippen LogP contribution in [-0.4, -0.2) is 19.9 Å². The normalized spacial score (nSPS) is 10.4. The minimum Gasteiger partial charge on any atom is -0.258 e. The van der Waals surface area contributed by atoms with Gasteiger partial charge in [0.05, 0.1) is 22.8 Å². The summed E-state index contributed by atoms with van der Waals surface area (Å²) in [6.45, 7) is 5.94. The van der Waals surface area contributed by atoms with E-state index in [0.29, 0.717) is 6.42 Å². The lowest BCUT2D eigenvalue weighted by Crippen LogP contribution is -2.02. The first-order valence-corrected chi connectivity index (χ1v) is 5.21. The molecule has 0 aromatic carbocycles. The van der Waals surface area contributed by atoms with Gasteiger partial charge in [-0.2, -0.15) is 0 Å². The van der Waals surface area contributed by atoms with Gasteiger partial charge in [0, 0.05) is 18.8 Å². The molecule has 0 unspecified atom stereocenters. The van der Waals surface area contributed by atoms with Crippen molar-refractivity contribution >= 4 is 0 Å². The topological polar surface area (TPSA) is 51.6 Å². The van der Waals surface area contributed by atoms with E-state index < -0.39 is 0 Å². The molecule has 0 fully saturated rings. The minimum absolute atomic E-state index is 0.711. The number of hydrogen-bond donors (Lipinski definition) is 0. The molecule has 4 heteroatoms. The van der Waals surface area contributed by atoms with E-state index in [2.05, 4.69) is 19.9 Å². The number of rotatable bonds is 2. The van der Waals surface area contributed by atoms with Gasteiger partial charge in [0.1, 0.15) is 6.33 Å². The van der Waals surface area contributed by atoms with Gasteiger partial charge in [0.2, 0.25) is 0 Å². The fourth-order valence-corrected chi connectivity index (χ4v) is 1.46. The SMILES string of the molecule is Cc1cncnc1Cc1cnc(C)c(C)n1. The van der Waals surface area contributed by atoms with Gasteiger partial charge < -0.3 is 0 Å². The average molecular weight is 214 g/mol. The molecular formula is C12H14N4. The molecule has 0 N–H and O–H groups in total. The highest BCUT2D eigenvalue weighted by Gasteiger charge is 2.04. The molecular weight excluding hydrogens is 200 g/mol. The molecule has 2 aromatic heterocycles. The van der Waals surface area contributed by atoms with Crippen molar-refractivity contribution in [3.63, 3.8) is 0 Å². The van der Waals surface area contributed by atoms with Gasteiger partial charge in [-0.05, 0) is 26.3 Å². The standard InChI is InChI=1S/C12H14N4/c1-8-5-13-7-15-12(8)4-11-6-14-9(2)10(3)16-11/h5-7H,4H2,1-3H3. The van der Waals surface area contributed by atoms with Gasteiger partial charge in [0.25, 0.3) is 0 Å². The van der Waals surface area contributed by atoms with Gasteiger partial charge in [-0.25, -0.2) is 9.97 Å². The maximum Gasteiger partial charge on any atom is 0.115 e. The number of nitrogens with zero attached hydrogens (tertiary/aromatic N) is 4. The summed E-state index contributed by atoms with van der Waals surface area (Å²) in [7, 11) is 0. The molecule has 82 valence electrons. The highest BCUT2D eigenvalue weighted by atomic mass is 14.8. The lowest BCUT2D eigenvalue weighted by molar-refractivity contribution is 0.917. The summed E-state index contributed by atoms with van der Waals surface area (Å²) in [5.74, 6) is 0. The number of hydrogen-bond acceptors (Lipinski definition) is 4. The van der Waals surface area contributed by atoms with Crippen LogP contribution in [0.25, 0.3) is 0 Å². The minimum atomic E-state index is 0.711. The van der Waals surface area contributed by atoms with Gasteiger partial charge >= 0.3 is 0 Å². The molecule has 0 atom stereocenters. The highest BCUT2D eigenvalue weighted by Crippen LogP contribution is 2.09. The first-order chi connectivity index (χ1) is 7.66. The molecule has 0 amide bonds. The van der Waals surface area contributed by atoms with Crippen molar-refractivity contribution < 1.29 is 0 Å². The Morgan fingerprint density at radius 1 is 1.00 bits per heavy atom. The van der Waals surface area contributed by atoms with Crippen molar-refractivity contribution in [2.75, 3.05) is 0 Å². The van der Waals surface area contributed by atoms with E-state index in [1.807, 2.05) is 33.2 Å². The van der Waals surface area contributed by atoms with Crippen LogP contribution < -0.4 is 0 Å². The second-order valence-corrected chi connectivity index (χ2v) is 3.86. The summed E-state index contributed by atoms with van der Waals surface area (Å²) in [5, 5.41) is 0. The fraction of sp³-hybridized carbons (Fsp3) is 0.333. The van der Waals surface area contributed by atoms with Crippen molar-refractivity contribution in [2.24, 2.45) is 0 Å². The van der Waals surface area contributed by atoms with Gasteiger partial charge in [-0.3, -0.25) is 9.97 Å². The maximum absolute atomic E-state index is 4.49. The van der Waals surface area contributed by atoms with Gasteiger partial charge in [-0.1, -0.05) is 0 Å². The quantitative estimate of drug-likeness (QED) is 0.764. The summed E-state index contributed by atoms with van der Waals surface area (Å²) < 4.78 is 0. The molecule has 0 saturated carbocycles. The van der Waals surface area contributed by atoms with Crippen molar-refractivity contribution in [3.05, 3.63) is 47.1 Å². The molecule has 0 bridgehead atoms. The second kappa shape index (κ2) is 4.35. The molecule has 2 heterocycles. The van der Waals surface area contributed by atoms with E-state index in [-0.39, 0.29) is 0 Å². The fourth-order valence-electron chi connectivity index (χ4n) is 1.46. The van der Waals surface area contributed by atoms with E-state index in [1.165, 1.54) is 0 Å². The summed E-state index contributed by atoms with van der Waals surface area (Å²) in [4.78, 5) is 17.0. The average Bonchev–Trinajstić information content (AvgIpc) is 2.27. The molecule has 0 radical (unpaired) electrons. The largest absolute Gasteiger partial charge is 0.258 e. The summed E-state index contributed by atoms with van der Waals surface area (Å²) in [5.41, 5.74) is 4.99. The Balaban J connectivity index is 2.28. The predicted molar refractivity (Wildman–Crippen MR) is 61.1 cm³/mol. The summed E-state index contributed by atoms with van der Waals surface area (Å²) in [6.07, 6.45) is 5.90. The van der Waals surface area contributed by atoms with Crippen LogP contribution in [0.5, 0.6) is 0 Å². The Kier molecular flexibility index (Phi) is 2.90. The third-order valence-electron chi connectivity index (χ3n) is 2.59. The molecule has 16 heavy (non-hydrogen) atoms. The third-order valence-corrected chi connectivity index (χ3v) is 2.59. The van der Waals surface area contributed by atoms with Crippen LogP contribution in [0.2, 0.25) is 0 Å². The molecule has 2 aromatic rings. The molecule has 0 aliphatic heterocycles. The highest BCUT2D eigenvalue weighted by molar-refractivity contribution is 5.21. The molecule has 0 saturated heterocycles. The first-order valence-electron chi connectivity index (χ1n) is 5.21. The van der Waals surface area contributed by atoms with Crippen LogP contribution in [0.15, 0.2) is 18.7 Å². The zero-order valence-corrected chi connectivity index (χ0v) is 9.73. The van der Waals surface area contributed by atoms with Crippen LogP contribution in [-0.2, 0) is 6.42 Å². The van der Waals surface area contributed by atoms with Gasteiger partial charge in [0.15, 0.2) is 0 Å². The van der Waals surface area contributed by atoms with Crippen LogP contribution in [0.4, 0.5) is 0 Å². The first kappa shape index (κ1) is 10.7. The van der Waals surface area contributed by atoms with E-state index in [9.17, 15) is 0 Å². The second-order valence-electron chi connectivity index (χ2n) is 3.86. The Labute approximate surface area is 94.8 Å². The van der Waals surface area contributed by atoms with E-state index in [1.54, 1.807) is 6.33 Å². The zero-order chi connectivity index (χ0) is 11.5. The zero-order valence-electron chi connectivity index (χ0n) is 9.73. The monoisotopic (exact) mass is 214 g/mol. The van der Waals surface area contributed by atoms with Crippen LogP contribution in [0.3, 0.4) is 0 Å². The van der Waals surface area contributed by atoms with Crippen molar-refractivity contribution in [1.82, 2.24) is 19.9 Å². The smallest absolute Gasteiger partial charge is 0.115 e. The van der Waals surface area contributed by atoms with E-state index in [4.69, 9.17) is 0 Å². The van der Waals surface area contributed by atoms with E-state index >= 15 is 0 Å². The molecule has 0 aliphatic carbocycles. The Morgan fingerprint density at radius 2 is 1.81 bits per heavy atom. The van der Waals surface area contributed by atoms with Crippen molar-refractivity contribution in [2.45, 2.75) is 27.2 Å². The molecule has 0 spiro atoms. The number of aromatic nitrogens is 4.